The minimum absolute atomic E-state index is 0.0833. The molecule has 1 amide bonds. The molecule has 0 bridgehead atoms. The summed E-state index contributed by atoms with van der Waals surface area (Å²) in [5, 5.41) is 17.1. The summed E-state index contributed by atoms with van der Waals surface area (Å²) in [7, 11) is 0. The number of aliphatic hydroxyl groups is 2. The first-order chi connectivity index (χ1) is 21.6. The third kappa shape index (κ3) is 14.4. The molecular formula is C39H50FNO4. The number of halogens is 1. The smallest absolute Gasteiger partial charge is 0.229 e. The van der Waals surface area contributed by atoms with Gasteiger partial charge in [0.25, 0.3) is 0 Å². The standard InChI is InChI=1S/C19H19NO2.C9H11FO.C8H14.C3H6O/c1-15(13-22-14-16-8-4-2-5-9-16)18-12-19(21)20(18)17-10-6-3-7-11-17;1-2-9(11)7-3-5-8(10)6-4-7;1-5-7(3)8(4)6-2;1-2-3-4/h2-11,13,18H,12,14H2,1H3;3-6,9,11H,2H2,1H3;6H,3,5H2,1-2,4H3;2,4H,1,3H2/b15-13-;;8-6+;. The molecule has 2 N–H and O–H groups in total. The second-order valence-electron chi connectivity index (χ2n) is 10.4. The lowest BCUT2D eigenvalue weighted by Gasteiger charge is -2.41. The first kappa shape index (κ1) is 38.8. The molecular weight excluding hydrogens is 565 g/mol. The van der Waals surface area contributed by atoms with Gasteiger partial charge in [-0.3, -0.25) is 4.79 Å². The average Bonchev–Trinajstić information content (AvgIpc) is 3.07. The van der Waals surface area contributed by atoms with Gasteiger partial charge in [-0.2, -0.15) is 0 Å². The minimum atomic E-state index is -0.462. The SMILES string of the molecule is C/C(=C/OCc1ccccc1)C1CC(=O)N1c1ccccc1.C=C(CC)/C(C)=C/C.C=CCO.CCC(O)c1ccc(F)cc1. The van der Waals surface area contributed by atoms with Crippen LogP contribution in [0.3, 0.4) is 0 Å². The molecule has 2 unspecified atom stereocenters. The van der Waals surface area contributed by atoms with E-state index in [0.717, 1.165) is 28.8 Å². The van der Waals surface area contributed by atoms with Gasteiger partial charge in [0, 0.05) is 5.69 Å². The lowest BCUT2D eigenvalue weighted by atomic mass is 9.94. The summed E-state index contributed by atoms with van der Waals surface area (Å²) in [5.74, 6) is -0.107. The van der Waals surface area contributed by atoms with Crippen LogP contribution >= 0.6 is 0 Å². The van der Waals surface area contributed by atoms with Crippen molar-refractivity contribution in [3.63, 3.8) is 0 Å². The van der Waals surface area contributed by atoms with Crippen LogP contribution in [0.1, 0.15) is 71.1 Å². The quantitative estimate of drug-likeness (QED) is 0.103. The molecule has 3 aromatic carbocycles. The van der Waals surface area contributed by atoms with Crippen molar-refractivity contribution >= 4 is 11.6 Å². The van der Waals surface area contributed by atoms with Crippen LogP contribution in [0.4, 0.5) is 10.1 Å². The van der Waals surface area contributed by atoms with Gasteiger partial charge in [0.2, 0.25) is 5.91 Å². The van der Waals surface area contributed by atoms with E-state index in [0.29, 0.717) is 19.4 Å². The summed E-state index contributed by atoms with van der Waals surface area (Å²) in [6.07, 6.45) is 7.11. The summed E-state index contributed by atoms with van der Waals surface area (Å²) < 4.78 is 18.0. The fourth-order valence-corrected chi connectivity index (χ4v) is 4.02. The van der Waals surface area contributed by atoms with Crippen LogP contribution in [-0.2, 0) is 16.1 Å². The normalized spacial score (nSPS) is 14.6. The monoisotopic (exact) mass is 615 g/mol. The van der Waals surface area contributed by atoms with Gasteiger partial charge in [0.15, 0.2) is 0 Å². The molecule has 0 radical (unpaired) electrons. The molecule has 45 heavy (non-hydrogen) atoms. The molecule has 4 rings (SSSR count). The summed E-state index contributed by atoms with van der Waals surface area (Å²) in [6, 6.07) is 25.8. The Hall–Kier alpha value is -4.26. The highest BCUT2D eigenvalue weighted by Gasteiger charge is 2.38. The van der Waals surface area contributed by atoms with Crippen molar-refractivity contribution in [2.24, 2.45) is 0 Å². The van der Waals surface area contributed by atoms with Crippen LogP contribution in [0.25, 0.3) is 0 Å². The van der Waals surface area contributed by atoms with Crippen molar-refractivity contribution in [3.05, 3.63) is 150 Å². The lowest BCUT2D eigenvalue weighted by Crippen LogP contribution is -2.53. The molecule has 0 aliphatic carbocycles. The van der Waals surface area contributed by atoms with Gasteiger partial charge < -0.3 is 19.8 Å². The van der Waals surface area contributed by atoms with E-state index in [4.69, 9.17) is 9.84 Å². The van der Waals surface area contributed by atoms with Crippen LogP contribution < -0.4 is 4.90 Å². The first-order valence-electron chi connectivity index (χ1n) is 15.3. The molecule has 1 fully saturated rings. The van der Waals surface area contributed by atoms with Gasteiger partial charge in [-0.05, 0) is 74.6 Å². The van der Waals surface area contributed by atoms with E-state index in [-0.39, 0.29) is 24.4 Å². The molecule has 6 heteroatoms. The molecule has 1 saturated heterocycles. The summed E-state index contributed by atoms with van der Waals surface area (Å²) in [6.45, 7) is 17.9. The van der Waals surface area contributed by atoms with Gasteiger partial charge in [-0.1, -0.05) is 104 Å². The molecule has 2 atom stereocenters. The summed E-state index contributed by atoms with van der Waals surface area (Å²) in [4.78, 5) is 13.7. The van der Waals surface area contributed by atoms with Crippen LogP contribution in [0, 0.1) is 5.82 Å². The molecule has 1 heterocycles. The topological polar surface area (TPSA) is 70.0 Å². The van der Waals surface area contributed by atoms with Crippen molar-refractivity contribution in [1.29, 1.82) is 0 Å². The molecule has 0 saturated carbocycles. The number of anilines is 1. The molecule has 1 aliphatic heterocycles. The molecule has 3 aromatic rings. The fourth-order valence-electron chi connectivity index (χ4n) is 4.02. The van der Waals surface area contributed by atoms with E-state index < -0.39 is 6.10 Å². The van der Waals surface area contributed by atoms with E-state index in [9.17, 15) is 14.3 Å². The third-order valence-corrected chi connectivity index (χ3v) is 7.06. The number of hydrogen-bond donors (Lipinski definition) is 2. The number of allylic oxidation sites excluding steroid dienone is 3. The maximum absolute atomic E-state index is 12.4. The Labute approximate surface area is 269 Å². The van der Waals surface area contributed by atoms with Crippen LogP contribution in [-0.4, -0.2) is 28.8 Å². The number of hydrogen-bond acceptors (Lipinski definition) is 4. The Morgan fingerprint density at radius 3 is 2.02 bits per heavy atom. The Bertz CT molecular complexity index is 1330. The predicted octanol–water partition coefficient (Wildman–Crippen LogP) is 9.27. The molecule has 5 nitrogen and oxygen atoms in total. The number of carbonyl (C=O) groups is 1. The van der Waals surface area contributed by atoms with Crippen molar-refractivity contribution in [2.75, 3.05) is 11.5 Å². The highest BCUT2D eigenvalue weighted by atomic mass is 19.1. The lowest BCUT2D eigenvalue weighted by molar-refractivity contribution is -0.123. The van der Waals surface area contributed by atoms with Crippen LogP contribution in [0.5, 0.6) is 0 Å². The average molecular weight is 616 g/mol. The highest BCUT2D eigenvalue weighted by Crippen LogP contribution is 2.31. The number of rotatable bonds is 10. The molecule has 242 valence electrons. The Morgan fingerprint density at radius 1 is 1.02 bits per heavy atom. The van der Waals surface area contributed by atoms with Gasteiger partial charge in [0.1, 0.15) is 12.4 Å². The summed E-state index contributed by atoms with van der Waals surface area (Å²) in [5.41, 5.74) is 6.48. The maximum atomic E-state index is 12.4. The first-order valence-corrected chi connectivity index (χ1v) is 15.3. The van der Waals surface area contributed by atoms with Crippen molar-refractivity contribution in [1.82, 2.24) is 0 Å². The molecule has 0 spiro atoms. The van der Waals surface area contributed by atoms with E-state index in [1.807, 2.05) is 86.3 Å². The largest absolute Gasteiger partial charge is 0.496 e. The number of aliphatic hydroxyl groups excluding tert-OH is 2. The molecule has 1 aliphatic rings. The zero-order valence-electron chi connectivity index (χ0n) is 27.5. The van der Waals surface area contributed by atoms with Crippen LogP contribution in [0.2, 0.25) is 0 Å². The predicted molar refractivity (Wildman–Crippen MR) is 185 cm³/mol. The second kappa shape index (κ2) is 22.3. The van der Waals surface area contributed by atoms with Gasteiger partial charge in [-0.25, -0.2) is 4.39 Å². The third-order valence-electron chi connectivity index (χ3n) is 7.06. The number of β-lactam (4-membered cyclic amide) rings is 1. The zero-order chi connectivity index (χ0) is 33.6. The van der Waals surface area contributed by atoms with Crippen molar-refractivity contribution < 1.29 is 24.1 Å². The van der Waals surface area contributed by atoms with Gasteiger partial charge in [-0.15, -0.1) is 6.58 Å². The summed E-state index contributed by atoms with van der Waals surface area (Å²) >= 11 is 0. The number of carbonyl (C=O) groups excluding carboxylic acids is 1. The number of para-hydroxylation sites is 1. The second-order valence-corrected chi connectivity index (χ2v) is 10.4. The van der Waals surface area contributed by atoms with Crippen LogP contribution in [0.15, 0.2) is 133 Å². The van der Waals surface area contributed by atoms with Gasteiger partial charge in [0.05, 0.1) is 31.4 Å². The Kier molecular flexibility index (Phi) is 19.2. The van der Waals surface area contributed by atoms with Crippen molar-refractivity contribution in [2.45, 2.75) is 72.6 Å². The van der Waals surface area contributed by atoms with E-state index >= 15 is 0 Å². The maximum Gasteiger partial charge on any atom is 0.229 e. The minimum Gasteiger partial charge on any atom is -0.496 e. The molecule has 0 aromatic heterocycles. The number of benzene rings is 3. The number of ether oxygens (including phenoxy) is 1. The van der Waals surface area contributed by atoms with Crippen molar-refractivity contribution in [3.8, 4) is 0 Å². The Balaban J connectivity index is 0.000000367. The fraction of sp³-hybridized carbons (Fsp3) is 0.308. The van der Waals surface area contributed by atoms with E-state index in [1.165, 1.54) is 29.4 Å². The van der Waals surface area contributed by atoms with E-state index in [1.54, 1.807) is 18.4 Å². The number of nitrogens with zero attached hydrogens (tertiary/aromatic N) is 1. The zero-order valence-corrected chi connectivity index (χ0v) is 27.5. The Morgan fingerprint density at radius 2 is 1.58 bits per heavy atom. The number of amides is 1. The highest BCUT2D eigenvalue weighted by molar-refractivity contribution is 6.01. The van der Waals surface area contributed by atoms with E-state index in [2.05, 4.69) is 33.1 Å². The van der Waals surface area contributed by atoms with Gasteiger partial charge >= 0.3 is 0 Å².